The molecule has 0 fully saturated rings. The van der Waals surface area contributed by atoms with E-state index >= 15 is 0 Å². The van der Waals surface area contributed by atoms with Crippen molar-refractivity contribution in [3.63, 3.8) is 0 Å². The molecule has 0 saturated carbocycles. The van der Waals surface area contributed by atoms with Crippen LogP contribution in [0.5, 0.6) is 5.75 Å². The van der Waals surface area contributed by atoms with E-state index in [4.69, 9.17) is 27.9 Å². The minimum atomic E-state index is -0.324. The van der Waals surface area contributed by atoms with Crippen LogP contribution in [0.15, 0.2) is 77.0 Å². The lowest BCUT2D eigenvalue weighted by atomic mass is 10.1. The third kappa shape index (κ3) is 6.78. The van der Waals surface area contributed by atoms with Crippen LogP contribution in [-0.4, -0.2) is 25.6 Å². The van der Waals surface area contributed by atoms with Gasteiger partial charge in [0.25, 0.3) is 11.8 Å². The normalized spacial score (nSPS) is 10.8. The van der Waals surface area contributed by atoms with Gasteiger partial charge >= 0.3 is 0 Å². The molecule has 2 N–H and O–H groups in total. The summed E-state index contributed by atoms with van der Waals surface area (Å²) in [6.07, 6.45) is 0. The number of amides is 2. The van der Waals surface area contributed by atoms with E-state index in [0.29, 0.717) is 40.0 Å². The quantitative estimate of drug-likeness (QED) is 0.225. The molecule has 0 saturated heterocycles. The van der Waals surface area contributed by atoms with Crippen LogP contribution in [0.4, 0.5) is 11.4 Å². The molecule has 33 heavy (non-hydrogen) atoms. The topological polar surface area (TPSA) is 92.2 Å². The van der Waals surface area contributed by atoms with Crippen LogP contribution in [0.25, 0.3) is 0 Å². The number of benzene rings is 3. The Morgan fingerprint density at radius 3 is 1.97 bits per heavy atom. The van der Waals surface area contributed by atoms with Crippen LogP contribution in [0.1, 0.15) is 31.8 Å². The number of anilines is 1. The summed E-state index contributed by atoms with van der Waals surface area (Å²) < 4.78 is 5.72. The lowest BCUT2D eigenvalue weighted by molar-refractivity contribution is 0.0917. The van der Waals surface area contributed by atoms with Crippen LogP contribution in [0.3, 0.4) is 0 Å². The fourth-order valence-electron chi connectivity index (χ4n) is 2.89. The molecule has 0 atom stereocenters. The molecule has 0 radical (unpaired) electrons. The van der Waals surface area contributed by atoms with Crippen LogP contribution >= 0.6 is 23.2 Å². The average Bonchev–Trinajstić information content (AvgIpc) is 2.85. The Morgan fingerprint density at radius 2 is 1.42 bits per heavy atom. The number of azo groups is 1. The second kappa shape index (κ2) is 12.0. The fourth-order valence-corrected chi connectivity index (χ4v) is 3.24. The highest BCUT2D eigenvalue weighted by atomic mass is 35.5. The molecule has 0 aromatic heterocycles. The highest BCUT2D eigenvalue weighted by Crippen LogP contribution is 2.30. The Balaban J connectivity index is 1.69. The van der Waals surface area contributed by atoms with Crippen molar-refractivity contribution in [2.75, 3.05) is 19.1 Å². The average molecular weight is 485 g/mol. The molecule has 0 unspecified atom stereocenters. The zero-order valence-electron chi connectivity index (χ0n) is 17.8. The minimum absolute atomic E-state index is 0.0992. The number of ether oxygens (including phenoxy) is 1. The van der Waals surface area contributed by atoms with Crippen molar-refractivity contribution in [3.8, 4) is 5.75 Å². The second-order valence-corrected chi connectivity index (χ2v) is 7.42. The Bertz CT molecular complexity index is 1130. The van der Waals surface area contributed by atoms with Crippen LogP contribution in [0, 0.1) is 0 Å². The van der Waals surface area contributed by atoms with Crippen LogP contribution in [0.2, 0.25) is 0 Å². The predicted molar refractivity (Wildman–Crippen MR) is 130 cm³/mol. The van der Waals surface area contributed by atoms with Gasteiger partial charge in [-0.2, -0.15) is 10.2 Å². The molecule has 0 bridgehead atoms. The van der Waals surface area contributed by atoms with Gasteiger partial charge in [0.2, 0.25) is 0 Å². The van der Waals surface area contributed by atoms with E-state index in [2.05, 4.69) is 20.9 Å². The largest absolute Gasteiger partial charge is 0.471 e. The van der Waals surface area contributed by atoms with Gasteiger partial charge in [-0.1, -0.05) is 24.3 Å². The molecule has 3 aromatic carbocycles. The summed E-state index contributed by atoms with van der Waals surface area (Å²) in [5.74, 6) is 0.497. The molecule has 2 amide bonds. The first-order valence-corrected chi connectivity index (χ1v) is 11.1. The maximum atomic E-state index is 12.7. The summed E-state index contributed by atoms with van der Waals surface area (Å²) >= 11 is 11.6. The van der Waals surface area contributed by atoms with Crippen LogP contribution in [-0.2, 0) is 11.8 Å². The van der Waals surface area contributed by atoms with Crippen molar-refractivity contribution in [2.24, 2.45) is 10.2 Å². The molecule has 0 heterocycles. The summed E-state index contributed by atoms with van der Waals surface area (Å²) in [5.41, 5.74) is 3.72. The highest BCUT2D eigenvalue weighted by Gasteiger charge is 2.12. The minimum Gasteiger partial charge on any atom is -0.471 e. The Morgan fingerprint density at radius 1 is 0.848 bits per heavy atom. The fraction of sp³-hybridized carbons (Fsp3) is 0.167. The van der Waals surface area contributed by atoms with E-state index in [1.54, 1.807) is 73.8 Å². The number of rotatable bonds is 9. The molecule has 7 nitrogen and oxygen atoms in total. The summed E-state index contributed by atoms with van der Waals surface area (Å²) in [5, 5.41) is 13.3. The first-order valence-electron chi connectivity index (χ1n) is 10.00. The number of hydrogen-bond acceptors (Lipinski definition) is 5. The van der Waals surface area contributed by atoms with Crippen molar-refractivity contribution in [2.45, 2.75) is 11.8 Å². The van der Waals surface area contributed by atoms with Crippen molar-refractivity contribution in [1.82, 2.24) is 5.32 Å². The van der Waals surface area contributed by atoms with Crippen molar-refractivity contribution in [1.29, 1.82) is 0 Å². The van der Waals surface area contributed by atoms with E-state index in [-0.39, 0.29) is 18.5 Å². The van der Waals surface area contributed by atoms with E-state index < -0.39 is 0 Å². The molecule has 0 aliphatic rings. The summed E-state index contributed by atoms with van der Waals surface area (Å²) in [6.45, 7) is -0.0992. The van der Waals surface area contributed by atoms with Gasteiger partial charge in [0.15, 0.2) is 6.73 Å². The van der Waals surface area contributed by atoms with Gasteiger partial charge in [-0.3, -0.25) is 9.59 Å². The van der Waals surface area contributed by atoms with E-state index in [1.165, 1.54) is 0 Å². The van der Waals surface area contributed by atoms with Crippen LogP contribution < -0.4 is 15.4 Å². The highest BCUT2D eigenvalue weighted by molar-refractivity contribution is 6.17. The number of halogens is 2. The lowest BCUT2D eigenvalue weighted by Gasteiger charge is -2.14. The third-order valence-electron chi connectivity index (χ3n) is 4.63. The number of alkyl halides is 2. The number of carbonyl (C=O) groups is 2. The first-order chi connectivity index (χ1) is 16.0. The molecular formula is C24H22Cl2N4O3. The van der Waals surface area contributed by atoms with Gasteiger partial charge in [0.05, 0.1) is 11.4 Å². The zero-order valence-corrected chi connectivity index (χ0v) is 19.4. The first kappa shape index (κ1) is 24.2. The Kier molecular flexibility index (Phi) is 8.80. The number of nitrogens with zero attached hydrogens (tertiary/aromatic N) is 2. The molecule has 0 aliphatic heterocycles. The molecule has 0 spiro atoms. The monoisotopic (exact) mass is 484 g/mol. The number of hydrogen-bond donors (Lipinski definition) is 2. The van der Waals surface area contributed by atoms with E-state index in [0.717, 1.165) is 11.1 Å². The standard InChI is InChI=1S/C24H22Cl2N4O3/c1-27-30-20-10-11-22(33-15-28-23(31)18-6-2-16(13-25)3-7-18)21(12-20)29-24(32)19-8-4-17(14-26)5-9-19/h2-12H,13-15H2,1H3,(H,28,31)(H,29,32). The third-order valence-corrected chi connectivity index (χ3v) is 5.25. The molecule has 3 rings (SSSR count). The Hall–Kier alpha value is -3.42. The second-order valence-electron chi connectivity index (χ2n) is 6.89. The summed E-state index contributed by atoms with van der Waals surface area (Å²) in [6, 6.07) is 18.9. The number of nitrogens with one attached hydrogen (secondary N) is 2. The van der Waals surface area contributed by atoms with Crippen molar-refractivity contribution < 1.29 is 14.3 Å². The molecule has 9 heteroatoms. The van der Waals surface area contributed by atoms with Gasteiger partial charge in [-0.15, -0.1) is 23.2 Å². The van der Waals surface area contributed by atoms with E-state index in [1.807, 2.05) is 0 Å². The summed E-state index contributed by atoms with van der Waals surface area (Å²) in [4.78, 5) is 25.1. The van der Waals surface area contributed by atoms with Gasteiger partial charge in [0, 0.05) is 29.9 Å². The molecule has 170 valence electrons. The van der Waals surface area contributed by atoms with Gasteiger partial charge in [0.1, 0.15) is 5.75 Å². The Labute approximate surface area is 201 Å². The summed E-state index contributed by atoms with van der Waals surface area (Å²) in [7, 11) is 1.55. The zero-order chi connectivity index (χ0) is 23.6. The SMILES string of the molecule is CN=Nc1ccc(OCNC(=O)c2ccc(CCl)cc2)c(NC(=O)c2ccc(CCl)cc2)c1. The van der Waals surface area contributed by atoms with Crippen molar-refractivity contribution >= 4 is 46.4 Å². The van der Waals surface area contributed by atoms with Gasteiger partial charge in [-0.25, -0.2) is 0 Å². The van der Waals surface area contributed by atoms with E-state index in [9.17, 15) is 9.59 Å². The molecule has 0 aliphatic carbocycles. The van der Waals surface area contributed by atoms with Gasteiger partial charge < -0.3 is 15.4 Å². The number of carbonyl (C=O) groups excluding carboxylic acids is 2. The molecule has 3 aromatic rings. The lowest BCUT2D eigenvalue weighted by Crippen LogP contribution is -2.28. The molecular weight excluding hydrogens is 463 g/mol. The maximum Gasteiger partial charge on any atom is 0.255 e. The predicted octanol–water partition coefficient (Wildman–Crippen LogP) is 5.90. The smallest absolute Gasteiger partial charge is 0.255 e. The van der Waals surface area contributed by atoms with Crippen molar-refractivity contribution in [3.05, 3.63) is 89.0 Å². The van der Waals surface area contributed by atoms with Gasteiger partial charge in [-0.05, 0) is 53.6 Å². The maximum absolute atomic E-state index is 12.7.